The number of nitriles is 1. The van der Waals surface area contributed by atoms with Crippen LogP contribution in [0, 0.1) is 24.1 Å². The van der Waals surface area contributed by atoms with Crippen LogP contribution in [0.2, 0.25) is 0 Å². The Bertz CT molecular complexity index is 427. The average Bonchev–Trinajstić information content (AvgIpc) is 2.20. The molecule has 0 atom stereocenters. The quantitative estimate of drug-likeness (QED) is 0.691. The summed E-state index contributed by atoms with van der Waals surface area (Å²) in [7, 11) is 0. The SMILES string of the molecule is C/C(C#N)=C(/N)c1ccc(F)c(C)c1. The largest absolute Gasteiger partial charge is 0.397 e. The van der Waals surface area contributed by atoms with E-state index in [2.05, 4.69) is 0 Å². The molecule has 0 saturated carbocycles. The van der Waals surface area contributed by atoms with Crippen molar-refractivity contribution >= 4 is 5.70 Å². The maximum atomic E-state index is 12.9. The van der Waals surface area contributed by atoms with Gasteiger partial charge in [-0.3, -0.25) is 0 Å². The minimum atomic E-state index is -0.267. The average molecular weight is 190 g/mol. The van der Waals surface area contributed by atoms with E-state index in [-0.39, 0.29) is 5.82 Å². The van der Waals surface area contributed by atoms with Gasteiger partial charge in [0.1, 0.15) is 5.82 Å². The normalized spacial score (nSPS) is 11.9. The predicted molar refractivity (Wildman–Crippen MR) is 53.5 cm³/mol. The topological polar surface area (TPSA) is 49.8 Å². The van der Waals surface area contributed by atoms with E-state index in [1.54, 1.807) is 26.0 Å². The molecular weight excluding hydrogens is 179 g/mol. The van der Waals surface area contributed by atoms with Crippen LogP contribution < -0.4 is 5.73 Å². The lowest BCUT2D eigenvalue weighted by molar-refractivity contribution is 0.618. The summed E-state index contributed by atoms with van der Waals surface area (Å²) >= 11 is 0. The number of nitrogens with two attached hydrogens (primary N) is 1. The number of allylic oxidation sites excluding steroid dienone is 1. The molecule has 0 fully saturated rings. The number of aryl methyl sites for hydroxylation is 1. The second-order valence-corrected chi connectivity index (χ2v) is 3.11. The molecular formula is C11H11FN2. The number of nitrogens with zero attached hydrogens (tertiary/aromatic N) is 1. The highest BCUT2D eigenvalue weighted by molar-refractivity contribution is 5.68. The first-order chi connectivity index (χ1) is 6.56. The summed E-state index contributed by atoms with van der Waals surface area (Å²) in [4.78, 5) is 0. The molecule has 0 saturated heterocycles. The maximum absolute atomic E-state index is 12.9. The lowest BCUT2D eigenvalue weighted by Crippen LogP contribution is -2.00. The fourth-order valence-corrected chi connectivity index (χ4v) is 1.09. The molecule has 0 aliphatic rings. The zero-order valence-electron chi connectivity index (χ0n) is 8.13. The van der Waals surface area contributed by atoms with E-state index >= 15 is 0 Å². The molecule has 0 aliphatic heterocycles. The van der Waals surface area contributed by atoms with E-state index in [1.165, 1.54) is 6.07 Å². The predicted octanol–water partition coefficient (Wildman–Crippen LogP) is 2.35. The Morgan fingerprint density at radius 1 is 1.50 bits per heavy atom. The van der Waals surface area contributed by atoms with Crippen molar-refractivity contribution in [2.75, 3.05) is 0 Å². The molecule has 0 bridgehead atoms. The third kappa shape index (κ3) is 1.91. The molecule has 0 amide bonds. The van der Waals surface area contributed by atoms with Crippen LogP contribution in [-0.4, -0.2) is 0 Å². The molecule has 1 rings (SSSR count). The summed E-state index contributed by atoms with van der Waals surface area (Å²) in [6.45, 7) is 3.29. The van der Waals surface area contributed by atoms with Crippen LogP contribution >= 0.6 is 0 Å². The van der Waals surface area contributed by atoms with E-state index in [1.807, 2.05) is 6.07 Å². The number of halogens is 1. The lowest BCUT2D eigenvalue weighted by atomic mass is 10.1. The van der Waals surface area contributed by atoms with Gasteiger partial charge in [0, 0.05) is 5.57 Å². The Morgan fingerprint density at radius 3 is 2.64 bits per heavy atom. The number of hydrogen-bond donors (Lipinski definition) is 1. The highest BCUT2D eigenvalue weighted by atomic mass is 19.1. The molecule has 0 spiro atoms. The van der Waals surface area contributed by atoms with Gasteiger partial charge in [-0.15, -0.1) is 0 Å². The fraction of sp³-hybridized carbons (Fsp3) is 0.182. The highest BCUT2D eigenvalue weighted by Gasteiger charge is 2.03. The second-order valence-electron chi connectivity index (χ2n) is 3.11. The summed E-state index contributed by atoms with van der Waals surface area (Å²) in [5.41, 5.74) is 7.75. The van der Waals surface area contributed by atoms with Crippen LogP contribution in [0.1, 0.15) is 18.1 Å². The standard InChI is InChI=1S/C11H11FN2/c1-7-5-9(3-4-10(7)12)11(14)8(2)6-13/h3-5H,14H2,1-2H3/b11-8-. The van der Waals surface area contributed by atoms with Gasteiger partial charge < -0.3 is 5.73 Å². The van der Waals surface area contributed by atoms with Crippen LogP contribution in [-0.2, 0) is 0 Å². The molecule has 72 valence electrons. The minimum Gasteiger partial charge on any atom is -0.397 e. The van der Waals surface area contributed by atoms with Gasteiger partial charge in [0.15, 0.2) is 0 Å². The maximum Gasteiger partial charge on any atom is 0.126 e. The van der Waals surface area contributed by atoms with Gasteiger partial charge in [0.25, 0.3) is 0 Å². The lowest BCUT2D eigenvalue weighted by Gasteiger charge is -2.04. The smallest absolute Gasteiger partial charge is 0.126 e. The van der Waals surface area contributed by atoms with Crippen molar-refractivity contribution in [1.29, 1.82) is 5.26 Å². The van der Waals surface area contributed by atoms with Crippen molar-refractivity contribution in [3.05, 3.63) is 40.7 Å². The van der Waals surface area contributed by atoms with E-state index in [4.69, 9.17) is 11.0 Å². The monoisotopic (exact) mass is 190 g/mol. The molecule has 0 heterocycles. The molecule has 0 aliphatic carbocycles. The Hall–Kier alpha value is -1.82. The Kier molecular flexibility index (Phi) is 2.88. The second kappa shape index (κ2) is 3.93. The number of benzene rings is 1. The molecule has 0 aromatic heterocycles. The molecule has 3 heteroatoms. The third-order valence-electron chi connectivity index (χ3n) is 2.04. The minimum absolute atomic E-state index is 0.267. The van der Waals surface area contributed by atoms with Gasteiger partial charge >= 0.3 is 0 Å². The van der Waals surface area contributed by atoms with Crippen LogP contribution in [0.4, 0.5) is 4.39 Å². The Labute approximate surface area is 82.5 Å². The van der Waals surface area contributed by atoms with Crippen molar-refractivity contribution in [2.45, 2.75) is 13.8 Å². The summed E-state index contributed by atoms with van der Waals surface area (Å²) in [5, 5.41) is 8.63. The summed E-state index contributed by atoms with van der Waals surface area (Å²) < 4.78 is 12.9. The first-order valence-corrected chi connectivity index (χ1v) is 4.19. The highest BCUT2D eigenvalue weighted by Crippen LogP contribution is 2.16. The zero-order valence-corrected chi connectivity index (χ0v) is 8.13. The molecule has 14 heavy (non-hydrogen) atoms. The van der Waals surface area contributed by atoms with E-state index in [0.29, 0.717) is 22.4 Å². The van der Waals surface area contributed by atoms with Crippen molar-refractivity contribution in [3.8, 4) is 6.07 Å². The van der Waals surface area contributed by atoms with Crippen molar-refractivity contribution in [3.63, 3.8) is 0 Å². The van der Waals surface area contributed by atoms with Crippen LogP contribution in [0.5, 0.6) is 0 Å². The zero-order chi connectivity index (χ0) is 10.7. The van der Waals surface area contributed by atoms with Crippen LogP contribution in [0.3, 0.4) is 0 Å². The van der Waals surface area contributed by atoms with Gasteiger partial charge in [-0.05, 0) is 43.2 Å². The molecule has 2 nitrogen and oxygen atoms in total. The van der Waals surface area contributed by atoms with Crippen molar-refractivity contribution in [1.82, 2.24) is 0 Å². The van der Waals surface area contributed by atoms with Crippen molar-refractivity contribution in [2.24, 2.45) is 5.73 Å². The van der Waals surface area contributed by atoms with Gasteiger partial charge in [-0.2, -0.15) is 5.26 Å². The van der Waals surface area contributed by atoms with E-state index in [9.17, 15) is 4.39 Å². The van der Waals surface area contributed by atoms with Crippen LogP contribution in [0.15, 0.2) is 23.8 Å². The van der Waals surface area contributed by atoms with Gasteiger partial charge in [-0.1, -0.05) is 0 Å². The Balaban J connectivity index is 3.24. The van der Waals surface area contributed by atoms with Crippen LogP contribution in [0.25, 0.3) is 5.70 Å². The van der Waals surface area contributed by atoms with E-state index in [0.717, 1.165) is 0 Å². The molecule has 2 N–H and O–H groups in total. The summed E-state index contributed by atoms with van der Waals surface area (Å²) in [5.74, 6) is -0.267. The number of rotatable bonds is 1. The van der Waals surface area contributed by atoms with Gasteiger partial charge in [0.2, 0.25) is 0 Å². The summed E-state index contributed by atoms with van der Waals surface area (Å²) in [6, 6.07) is 6.51. The molecule has 0 unspecified atom stereocenters. The molecule has 1 aromatic rings. The summed E-state index contributed by atoms with van der Waals surface area (Å²) in [6.07, 6.45) is 0. The molecule has 0 radical (unpaired) electrons. The van der Waals surface area contributed by atoms with Gasteiger partial charge in [0.05, 0.1) is 11.8 Å². The van der Waals surface area contributed by atoms with Gasteiger partial charge in [-0.25, -0.2) is 4.39 Å². The van der Waals surface area contributed by atoms with Crippen molar-refractivity contribution < 1.29 is 4.39 Å². The third-order valence-corrected chi connectivity index (χ3v) is 2.04. The molecule has 1 aromatic carbocycles. The first-order valence-electron chi connectivity index (χ1n) is 4.19. The first kappa shape index (κ1) is 10.3. The fourth-order valence-electron chi connectivity index (χ4n) is 1.09. The Morgan fingerprint density at radius 2 is 2.14 bits per heavy atom. The van der Waals surface area contributed by atoms with E-state index < -0.39 is 0 Å². The number of hydrogen-bond acceptors (Lipinski definition) is 2.